The van der Waals surface area contributed by atoms with Crippen LogP contribution in [0.5, 0.6) is 0 Å². The number of unbranched alkanes of at least 4 members (excludes halogenated alkanes) is 1. The highest BCUT2D eigenvalue weighted by atomic mass is 32.1. The first-order chi connectivity index (χ1) is 12.0. The van der Waals surface area contributed by atoms with Crippen molar-refractivity contribution in [3.8, 4) is 22.0 Å². The molecule has 1 N–H and O–H groups in total. The third kappa shape index (κ3) is 4.33. The Bertz CT molecular complexity index is 922. The van der Waals surface area contributed by atoms with Crippen LogP contribution in [-0.4, -0.2) is 24.0 Å². The number of hydrogen-bond acceptors (Lipinski definition) is 3. The van der Waals surface area contributed by atoms with Crippen molar-refractivity contribution >= 4 is 30.9 Å². The van der Waals surface area contributed by atoms with Gasteiger partial charge in [-0.1, -0.05) is 45.0 Å². The van der Waals surface area contributed by atoms with Gasteiger partial charge >= 0.3 is 0 Å². The fraction of sp³-hybridized carbons (Fsp3) is 0.350. The van der Waals surface area contributed by atoms with Gasteiger partial charge < -0.3 is 5.32 Å². The van der Waals surface area contributed by atoms with Crippen molar-refractivity contribution in [3.63, 3.8) is 0 Å². The number of nitrogens with one attached hydrogen (secondary N) is 1. The summed E-state index contributed by atoms with van der Waals surface area (Å²) in [7, 11) is -1.36. The van der Waals surface area contributed by atoms with Crippen LogP contribution < -0.4 is 5.32 Å². The summed E-state index contributed by atoms with van der Waals surface area (Å²) in [6.45, 7) is 9.98. The molecule has 0 spiro atoms. The monoisotopic (exact) mass is 367 g/mol. The van der Waals surface area contributed by atoms with Crippen LogP contribution in [0.2, 0.25) is 19.6 Å². The predicted molar refractivity (Wildman–Crippen MR) is 112 cm³/mol. The summed E-state index contributed by atoms with van der Waals surface area (Å²) >= 11 is 1.73. The van der Waals surface area contributed by atoms with E-state index in [0.717, 1.165) is 35.0 Å². The Morgan fingerprint density at radius 2 is 2.04 bits per heavy atom. The largest absolute Gasteiger partial charge is 0.369 e. The molecule has 130 valence electrons. The molecule has 3 rings (SSSR count). The second-order valence-corrected chi connectivity index (χ2v) is 13.0. The fourth-order valence-electron chi connectivity index (χ4n) is 2.50. The first-order valence-corrected chi connectivity index (χ1v) is 13.1. The average molecular weight is 368 g/mol. The highest BCUT2D eigenvalue weighted by molar-refractivity contribution is 7.16. The summed E-state index contributed by atoms with van der Waals surface area (Å²) in [4.78, 5) is 7.14. The Balaban J connectivity index is 1.98. The quantitative estimate of drug-likeness (QED) is 0.366. The molecule has 0 atom stereocenters. The molecule has 0 saturated carbocycles. The van der Waals surface area contributed by atoms with Gasteiger partial charge in [-0.2, -0.15) is 0 Å². The minimum atomic E-state index is -1.36. The number of nitrogens with zero attached hydrogens (tertiary/aromatic N) is 2. The molecule has 3 aromatic heterocycles. The lowest BCUT2D eigenvalue weighted by Gasteiger charge is -2.07. The molecule has 0 aromatic carbocycles. The molecule has 3 aromatic rings. The maximum absolute atomic E-state index is 4.86. The lowest BCUT2D eigenvalue weighted by molar-refractivity contribution is 0.830. The lowest BCUT2D eigenvalue weighted by Crippen LogP contribution is -2.16. The first-order valence-electron chi connectivity index (χ1n) is 8.82. The van der Waals surface area contributed by atoms with Crippen molar-refractivity contribution in [3.05, 3.63) is 41.4 Å². The fourth-order valence-corrected chi connectivity index (χ4v) is 3.95. The van der Waals surface area contributed by atoms with Gasteiger partial charge in [0.1, 0.15) is 25.2 Å². The van der Waals surface area contributed by atoms with E-state index < -0.39 is 8.07 Å². The number of rotatable bonds is 5. The van der Waals surface area contributed by atoms with E-state index in [1.54, 1.807) is 11.3 Å². The average Bonchev–Trinajstić information content (AvgIpc) is 3.17. The van der Waals surface area contributed by atoms with Gasteiger partial charge in [0.2, 0.25) is 0 Å². The maximum atomic E-state index is 4.86. The van der Waals surface area contributed by atoms with E-state index in [1.165, 1.54) is 11.3 Å². The van der Waals surface area contributed by atoms with E-state index in [1.807, 2.05) is 18.2 Å². The van der Waals surface area contributed by atoms with Gasteiger partial charge in [-0.15, -0.1) is 16.9 Å². The SMILES string of the molecule is CCCCNc1c(-c2ccc(C#C[Si](C)(C)C)s2)nc2ccccn12. The number of hydrogen-bond donors (Lipinski definition) is 1. The highest BCUT2D eigenvalue weighted by Crippen LogP contribution is 2.33. The van der Waals surface area contributed by atoms with Crippen LogP contribution >= 0.6 is 11.3 Å². The van der Waals surface area contributed by atoms with Crippen LogP contribution in [0.1, 0.15) is 24.6 Å². The van der Waals surface area contributed by atoms with Gasteiger partial charge in [-0.25, -0.2) is 4.98 Å². The molecule has 0 saturated heterocycles. The maximum Gasteiger partial charge on any atom is 0.139 e. The molecule has 0 aliphatic carbocycles. The van der Waals surface area contributed by atoms with Gasteiger partial charge in [0, 0.05) is 12.7 Å². The topological polar surface area (TPSA) is 29.3 Å². The molecule has 0 aliphatic heterocycles. The minimum absolute atomic E-state index is 0.958. The number of pyridine rings is 1. The van der Waals surface area contributed by atoms with Crippen molar-refractivity contribution in [1.29, 1.82) is 0 Å². The number of fused-ring (bicyclic) bond motifs is 1. The molecule has 0 unspecified atom stereocenters. The summed E-state index contributed by atoms with van der Waals surface area (Å²) in [5.74, 6) is 4.43. The first kappa shape index (κ1) is 17.8. The molecule has 0 fully saturated rings. The Morgan fingerprint density at radius 3 is 2.80 bits per heavy atom. The normalized spacial score (nSPS) is 11.4. The smallest absolute Gasteiger partial charge is 0.139 e. The number of aromatic nitrogens is 2. The van der Waals surface area contributed by atoms with Crippen LogP contribution in [0.15, 0.2) is 36.5 Å². The zero-order valence-electron chi connectivity index (χ0n) is 15.4. The summed E-state index contributed by atoms with van der Waals surface area (Å²) in [6, 6.07) is 10.4. The summed E-state index contributed by atoms with van der Waals surface area (Å²) < 4.78 is 2.14. The van der Waals surface area contributed by atoms with Crippen molar-refractivity contribution < 1.29 is 0 Å². The van der Waals surface area contributed by atoms with Gasteiger partial charge in [0.05, 0.1) is 9.75 Å². The summed E-state index contributed by atoms with van der Waals surface area (Å²) in [5, 5.41) is 3.58. The molecule has 3 heterocycles. The molecular weight excluding hydrogens is 342 g/mol. The summed E-state index contributed by atoms with van der Waals surface area (Å²) in [6.07, 6.45) is 4.39. The van der Waals surface area contributed by atoms with Crippen LogP contribution in [0.4, 0.5) is 5.82 Å². The van der Waals surface area contributed by atoms with E-state index in [2.05, 4.69) is 66.1 Å². The standard InChI is InChI=1S/C20H25N3SSi/c1-5-6-13-21-20-19(22-18-9-7-8-14-23(18)20)17-11-10-16(24-17)12-15-25(2,3)4/h7-11,14,21H,5-6,13H2,1-4H3. The Labute approximate surface area is 155 Å². The Kier molecular flexibility index (Phi) is 5.31. The van der Waals surface area contributed by atoms with Crippen LogP contribution in [0.3, 0.4) is 0 Å². The zero-order chi connectivity index (χ0) is 17.9. The second-order valence-electron chi connectivity index (χ2n) is 7.18. The zero-order valence-corrected chi connectivity index (χ0v) is 17.2. The lowest BCUT2D eigenvalue weighted by atomic mass is 10.3. The second kappa shape index (κ2) is 7.47. The van der Waals surface area contributed by atoms with E-state index in [-0.39, 0.29) is 0 Å². The van der Waals surface area contributed by atoms with Gasteiger partial charge in [0.15, 0.2) is 0 Å². The number of imidazole rings is 1. The van der Waals surface area contributed by atoms with Gasteiger partial charge in [0.25, 0.3) is 0 Å². The summed E-state index contributed by atoms with van der Waals surface area (Å²) in [5.41, 5.74) is 5.44. The van der Waals surface area contributed by atoms with E-state index in [4.69, 9.17) is 4.98 Å². The molecular formula is C20H25N3SSi. The number of anilines is 1. The van der Waals surface area contributed by atoms with Crippen LogP contribution in [0, 0.1) is 11.5 Å². The van der Waals surface area contributed by atoms with Crippen molar-refractivity contribution in [2.75, 3.05) is 11.9 Å². The molecule has 0 amide bonds. The van der Waals surface area contributed by atoms with Crippen molar-refractivity contribution in [2.24, 2.45) is 0 Å². The molecule has 25 heavy (non-hydrogen) atoms. The minimum Gasteiger partial charge on any atom is -0.369 e. The van der Waals surface area contributed by atoms with Crippen molar-refractivity contribution in [2.45, 2.75) is 39.4 Å². The molecule has 0 aliphatic rings. The molecule has 5 heteroatoms. The van der Waals surface area contributed by atoms with Crippen LogP contribution in [-0.2, 0) is 0 Å². The molecule has 0 radical (unpaired) electrons. The highest BCUT2D eigenvalue weighted by Gasteiger charge is 2.15. The third-order valence-corrected chi connectivity index (χ3v) is 5.64. The van der Waals surface area contributed by atoms with Gasteiger partial charge in [-0.3, -0.25) is 4.40 Å². The van der Waals surface area contributed by atoms with Crippen LogP contribution in [0.25, 0.3) is 16.2 Å². The Hall–Kier alpha value is -2.03. The number of thiophene rings is 1. The predicted octanol–water partition coefficient (Wildman–Crippen LogP) is 5.50. The Morgan fingerprint density at radius 1 is 1.20 bits per heavy atom. The van der Waals surface area contributed by atoms with E-state index in [9.17, 15) is 0 Å². The molecule has 3 nitrogen and oxygen atoms in total. The van der Waals surface area contributed by atoms with E-state index >= 15 is 0 Å². The van der Waals surface area contributed by atoms with E-state index in [0.29, 0.717) is 0 Å². The third-order valence-electron chi connectivity index (χ3n) is 3.75. The molecule has 0 bridgehead atoms. The van der Waals surface area contributed by atoms with Gasteiger partial charge in [-0.05, 0) is 30.7 Å². The van der Waals surface area contributed by atoms with Crippen molar-refractivity contribution in [1.82, 2.24) is 9.38 Å².